The van der Waals surface area contributed by atoms with Gasteiger partial charge >= 0.3 is 0 Å². The van der Waals surface area contributed by atoms with E-state index < -0.39 is 0 Å². The van der Waals surface area contributed by atoms with Crippen LogP contribution in [-0.4, -0.2) is 0 Å². The van der Waals surface area contributed by atoms with Crippen molar-refractivity contribution in [2.24, 2.45) is 0 Å². The van der Waals surface area contributed by atoms with Gasteiger partial charge in [0, 0.05) is 16.3 Å². The average molecular weight is 210 g/mol. The second kappa shape index (κ2) is 3.38. The van der Waals surface area contributed by atoms with Crippen molar-refractivity contribution in [1.82, 2.24) is 0 Å². The molecule has 0 amide bonds. The Balaban J connectivity index is 2.52. The molecule has 0 radical (unpaired) electrons. The van der Waals surface area contributed by atoms with Gasteiger partial charge in [0.15, 0.2) is 0 Å². The molecule has 2 aromatic carbocycles. The van der Waals surface area contributed by atoms with Crippen molar-refractivity contribution in [1.29, 1.82) is 0 Å². The molecular formula is C15H14O. The van der Waals surface area contributed by atoms with Crippen molar-refractivity contribution >= 4 is 21.7 Å². The SMILES string of the molecule is CCc1c(C)oc2c1ccc1ccccc12. The second-order valence-electron chi connectivity index (χ2n) is 4.15. The second-order valence-corrected chi connectivity index (χ2v) is 4.15. The summed E-state index contributed by atoms with van der Waals surface area (Å²) in [5.41, 5.74) is 2.37. The summed E-state index contributed by atoms with van der Waals surface area (Å²) in [6.07, 6.45) is 1.02. The van der Waals surface area contributed by atoms with E-state index in [0.717, 1.165) is 17.8 Å². The van der Waals surface area contributed by atoms with E-state index in [9.17, 15) is 0 Å². The Hall–Kier alpha value is -1.76. The molecule has 1 aromatic heterocycles. The predicted molar refractivity (Wildman–Crippen MR) is 67.8 cm³/mol. The van der Waals surface area contributed by atoms with E-state index in [0.29, 0.717) is 0 Å². The zero-order valence-electron chi connectivity index (χ0n) is 9.58. The van der Waals surface area contributed by atoms with Gasteiger partial charge < -0.3 is 4.42 Å². The minimum absolute atomic E-state index is 1.02. The zero-order chi connectivity index (χ0) is 11.1. The highest BCUT2D eigenvalue weighted by molar-refractivity contribution is 6.05. The summed E-state index contributed by atoms with van der Waals surface area (Å²) in [5.74, 6) is 1.05. The first-order valence-corrected chi connectivity index (χ1v) is 5.71. The van der Waals surface area contributed by atoms with Crippen LogP contribution in [-0.2, 0) is 6.42 Å². The van der Waals surface area contributed by atoms with E-state index in [4.69, 9.17) is 4.42 Å². The van der Waals surface area contributed by atoms with Gasteiger partial charge in [0.1, 0.15) is 11.3 Å². The smallest absolute Gasteiger partial charge is 0.142 e. The van der Waals surface area contributed by atoms with Crippen LogP contribution in [0.4, 0.5) is 0 Å². The lowest BCUT2D eigenvalue weighted by atomic mass is 10.0. The molecule has 0 aliphatic rings. The fourth-order valence-corrected chi connectivity index (χ4v) is 2.43. The van der Waals surface area contributed by atoms with Gasteiger partial charge in [-0.1, -0.05) is 43.3 Å². The number of rotatable bonds is 1. The molecule has 16 heavy (non-hydrogen) atoms. The molecule has 0 saturated heterocycles. The third-order valence-corrected chi connectivity index (χ3v) is 3.24. The first-order valence-electron chi connectivity index (χ1n) is 5.71. The van der Waals surface area contributed by atoms with Gasteiger partial charge in [0.25, 0.3) is 0 Å². The lowest BCUT2D eigenvalue weighted by Gasteiger charge is -1.98. The molecule has 0 spiro atoms. The summed E-state index contributed by atoms with van der Waals surface area (Å²) in [6, 6.07) is 12.7. The first kappa shape index (κ1) is 9.46. The minimum atomic E-state index is 1.02. The van der Waals surface area contributed by atoms with Crippen molar-refractivity contribution in [3.8, 4) is 0 Å². The number of hydrogen-bond acceptors (Lipinski definition) is 1. The zero-order valence-corrected chi connectivity index (χ0v) is 9.58. The summed E-state index contributed by atoms with van der Waals surface area (Å²) in [5, 5.41) is 3.72. The largest absolute Gasteiger partial charge is 0.460 e. The van der Waals surface area contributed by atoms with Crippen molar-refractivity contribution in [3.63, 3.8) is 0 Å². The lowest BCUT2D eigenvalue weighted by Crippen LogP contribution is -1.79. The van der Waals surface area contributed by atoms with Crippen LogP contribution in [0, 0.1) is 6.92 Å². The van der Waals surface area contributed by atoms with E-state index in [1.165, 1.54) is 21.7 Å². The molecule has 0 saturated carbocycles. The van der Waals surface area contributed by atoms with Crippen LogP contribution in [0.25, 0.3) is 21.7 Å². The highest BCUT2D eigenvalue weighted by Crippen LogP contribution is 2.31. The maximum Gasteiger partial charge on any atom is 0.142 e. The van der Waals surface area contributed by atoms with Gasteiger partial charge in [-0.15, -0.1) is 0 Å². The summed E-state index contributed by atoms with van der Waals surface area (Å²) in [4.78, 5) is 0. The molecule has 1 nitrogen and oxygen atoms in total. The number of benzene rings is 2. The number of hydrogen-bond donors (Lipinski definition) is 0. The molecule has 1 heteroatoms. The Kier molecular flexibility index (Phi) is 2.00. The van der Waals surface area contributed by atoms with Crippen molar-refractivity contribution < 1.29 is 4.42 Å². The Bertz CT molecular complexity index is 662. The molecule has 3 aromatic rings. The number of fused-ring (bicyclic) bond motifs is 3. The van der Waals surface area contributed by atoms with Gasteiger partial charge in [-0.25, -0.2) is 0 Å². The summed E-state index contributed by atoms with van der Waals surface area (Å²) >= 11 is 0. The average Bonchev–Trinajstić information content (AvgIpc) is 2.65. The van der Waals surface area contributed by atoms with E-state index in [2.05, 4.69) is 43.3 Å². The van der Waals surface area contributed by atoms with Crippen LogP contribution in [0.15, 0.2) is 40.8 Å². The van der Waals surface area contributed by atoms with E-state index in [1.807, 2.05) is 6.92 Å². The molecule has 0 aliphatic heterocycles. The van der Waals surface area contributed by atoms with Crippen LogP contribution in [0.1, 0.15) is 18.2 Å². The molecule has 0 N–H and O–H groups in total. The van der Waals surface area contributed by atoms with E-state index >= 15 is 0 Å². The molecule has 0 atom stereocenters. The quantitative estimate of drug-likeness (QED) is 0.578. The fraction of sp³-hybridized carbons (Fsp3) is 0.200. The van der Waals surface area contributed by atoms with Crippen molar-refractivity contribution in [2.75, 3.05) is 0 Å². The molecule has 0 unspecified atom stereocenters. The Morgan fingerprint density at radius 1 is 1.00 bits per heavy atom. The Morgan fingerprint density at radius 3 is 2.62 bits per heavy atom. The van der Waals surface area contributed by atoms with Crippen LogP contribution in [0.5, 0.6) is 0 Å². The molecule has 1 heterocycles. The maximum absolute atomic E-state index is 5.90. The predicted octanol–water partition coefficient (Wildman–Crippen LogP) is 4.46. The van der Waals surface area contributed by atoms with Gasteiger partial charge in [0.05, 0.1) is 0 Å². The van der Waals surface area contributed by atoms with Crippen molar-refractivity contribution in [2.45, 2.75) is 20.3 Å². The minimum Gasteiger partial charge on any atom is -0.460 e. The van der Waals surface area contributed by atoms with Gasteiger partial charge in [-0.2, -0.15) is 0 Å². The highest BCUT2D eigenvalue weighted by atomic mass is 16.3. The molecule has 3 rings (SSSR count). The van der Waals surface area contributed by atoms with Crippen molar-refractivity contribution in [3.05, 3.63) is 47.7 Å². The number of furan rings is 1. The molecule has 0 aliphatic carbocycles. The van der Waals surface area contributed by atoms with E-state index in [1.54, 1.807) is 0 Å². The Labute approximate surface area is 94.7 Å². The van der Waals surface area contributed by atoms with Gasteiger partial charge in [0.2, 0.25) is 0 Å². The van der Waals surface area contributed by atoms with Gasteiger partial charge in [-0.05, 0) is 18.7 Å². The number of aryl methyl sites for hydroxylation is 2. The highest BCUT2D eigenvalue weighted by Gasteiger charge is 2.11. The lowest BCUT2D eigenvalue weighted by molar-refractivity contribution is 0.575. The molecular weight excluding hydrogens is 196 g/mol. The van der Waals surface area contributed by atoms with Gasteiger partial charge in [-0.3, -0.25) is 0 Å². The molecule has 80 valence electrons. The standard InChI is InChI=1S/C15H14O/c1-3-12-10(2)16-15-13-7-5-4-6-11(13)8-9-14(12)15/h4-9H,3H2,1-2H3. The topological polar surface area (TPSA) is 13.1 Å². The normalized spacial score (nSPS) is 11.4. The first-order chi connectivity index (χ1) is 7.81. The van der Waals surface area contributed by atoms with Crippen LogP contribution in [0.2, 0.25) is 0 Å². The van der Waals surface area contributed by atoms with Crippen LogP contribution < -0.4 is 0 Å². The molecule has 0 fully saturated rings. The summed E-state index contributed by atoms with van der Waals surface area (Å²) < 4.78 is 5.90. The maximum atomic E-state index is 5.90. The van der Waals surface area contributed by atoms with E-state index in [-0.39, 0.29) is 0 Å². The third-order valence-electron chi connectivity index (χ3n) is 3.24. The summed E-state index contributed by atoms with van der Waals surface area (Å²) in [6.45, 7) is 4.22. The fourth-order valence-electron chi connectivity index (χ4n) is 2.43. The Morgan fingerprint density at radius 2 is 1.81 bits per heavy atom. The third kappa shape index (κ3) is 1.18. The monoisotopic (exact) mass is 210 g/mol. The van der Waals surface area contributed by atoms with Crippen LogP contribution in [0.3, 0.4) is 0 Å². The molecule has 0 bridgehead atoms. The van der Waals surface area contributed by atoms with Crippen LogP contribution >= 0.6 is 0 Å². The summed E-state index contributed by atoms with van der Waals surface area (Å²) in [7, 11) is 0.